The molecule has 0 nitrogen and oxygen atoms in total. The van der Waals surface area contributed by atoms with E-state index in [1.54, 1.807) is 6.07 Å². The standard InChI is InChI=1S/C13H19F/c1-9(2)10-6-7-11(12(14)8-10)13(3,4)5/h6-9H,1-5H3. The third-order valence-electron chi connectivity index (χ3n) is 2.47. The summed E-state index contributed by atoms with van der Waals surface area (Å²) in [6.07, 6.45) is 0. The van der Waals surface area contributed by atoms with Gasteiger partial charge in [-0.3, -0.25) is 0 Å². The van der Waals surface area contributed by atoms with E-state index in [9.17, 15) is 4.39 Å². The van der Waals surface area contributed by atoms with E-state index >= 15 is 0 Å². The Labute approximate surface area is 86.2 Å². The van der Waals surface area contributed by atoms with Gasteiger partial charge in [0.2, 0.25) is 0 Å². The molecule has 0 N–H and O–H groups in total. The van der Waals surface area contributed by atoms with Gasteiger partial charge < -0.3 is 0 Å². The summed E-state index contributed by atoms with van der Waals surface area (Å²) in [7, 11) is 0. The molecule has 0 heterocycles. The summed E-state index contributed by atoms with van der Waals surface area (Å²) in [5.41, 5.74) is 1.75. The lowest BCUT2D eigenvalue weighted by Gasteiger charge is -2.20. The molecule has 1 aromatic rings. The molecule has 0 fully saturated rings. The number of halogens is 1. The fourth-order valence-electron chi connectivity index (χ4n) is 1.50. The first-order valence-corrected chi connectivity index (χ1v) is 5.12. The van der Waals surface area contributed by atoms with Gasteiger partial charge in [-0.05, 0) is 28.5 Å². The van der Waals surface area contributed by atoms with Crippen molar-refractivity contribution in [2.24, 2.45) is 0 Å². The molecule has 78 valence electrons. The molecule has 0 radical (unpaired) electrons. The van der Waals surface area contributed by atoms with Gasteiger partial charge in [0, 0.05) is 0 Å². The molecule has 0 unspecified atom stereocenters. The third kappa shape index (κ3) is 2.34. The minimum atomic E-state index is -0.112. The van der Waals surface area contributed by atoms with Crippen LogP contribution in [0.2, 0.25) is 0 Å². The highest BCUT2D eigenvalue weighted by Gasteiger charge is 2.18. The van der Waals surface area contributed by atoms with Gasteiger partial charge in [-0.2, -0.15) is 0 Å². The maximum absolute atomic E-state index is 13.7. The zero-order valence-corrected chi connectivity index (χ0v) is 9.69. The molecule has 0 saturated carbocycles. The van der Waals surface area contributed by atoms with Gasteiger partial charge in [-0.15, -0.1) is 0 Å². The van der Waals surface area contributed by atoms with Crippen molar-refractivity contribution in [1.82, 2.24) is 0 Å². The van der Waals surface area contributed by atoms with E-state index in [4.69, 9.17) is 0 Å². The zero-order chi connectivity index (χ0) is 10.9. The zero-order valence-electron chi connectivity index (χ0n) is 9.69. The molecule has 1 aromatic carbocycles. The Morgan fingerprint density at radius 1 is 1.14 bits per heavy atom. The second-order valence-corrected chi connectivity index (χ2v) is 5.14. The third-order valence-corrected chi connectivity index (χ3v) is 2.47. The largest absolute Gasteiger partial charge is 0.207 e. The predicted octanol–water partition coefficient (Wildman–Crippen LogP) is 4.25. The molecule has 0 aliphatic rings. The molecule has 14 heavy (non-hydrogen) atoms. The maximum atomic E-state index is 13.7. The van der Waals surface area contributed by atoms with Crippen molar-refractivity contribution in [3.63, 3.8) is 0 Å². The fraction of sp³-hybridized carbons (Fsp3) is 0.538. The van der Waals surface area contributed by atoms with Crippen LogP contribution in [0, 0.1) is 5.82 Å². The summed E-state index contributed by atoms with van der Waals surface area (Å²) in [5, 5.41) is 0. The summed E-state index contributed by atoms with van der Waals surface area (Å²) in [6, 6.07) is 5.59. The van der Waals surface area contributed by atoms with Crippen molar-refractivity contribution in [3.05, 3.63) is 35.1 Å². The lowest BCUT2D eigenvalue weighted by molar-refractivity contribution is 0.521. The normalized spacial score (nSPS) is 12.2. The maximum Gasteiger partial charge on any atom is 0.127 e. The van der Waals surface area contributed by atoms with Gasteiger partial charge in [-0.1, -0.05) is 46.8 Å². The summed E-state index contributed by atoms with van der Waals surface area (Å²) >= 11 is 0. The average molecular weight is 194 g/mol. The Hall–Kier alpha value is -0.850. The van der Waals surface area contributed by atoms with Crippen molar-refractivity contribution < 1.29 is 4.39 Å². The van der Waals surface area contributed by atoms with Crippen LogP contribution in [0.15, 0.2) is 18.2 Å². The highest BCUT2D eigenvalue weighted by atomic mass is 19.1. The van der Waals surface area contributed by atoms with Crippen LogP contribution in [0.25, 0.3) is 0 Å². The van der Waals surface area contributed by atoms with Crippen LogP contribution in [0.5, 0.6) is 0 Å². The highest BCUT2D eigenvalue weighted by molar-refractivity contribution is 5.30. The molecule has 1 rings (SSSR count). The molecule has 0 aliphatic carbocycles. The number of benzene rings is 1. The summed E-state index contributed by atoms with van der Waals surface area (Å²) in [6.45, 7) is 10.2. The molecular weight excluding hydrogens is 175 g/mol. The monoisotopic (exact) mass is 194 g/mol. The molecule has 1 heteroatoms. The van der Waals surface area contributed by atoms with Crippen LogP contribution in [0.1, 0.15) is 51.7 Å². The first kappa shape index (κ1) is 11.2. The second kappa shape index (κ2) is 3.72. The van der Waals surface area contributed by atoms with Gasteiger partial charge in [0.1, 0.15) is 5.82 Å². The van der Waals surface area contributed by atoms with Crippen molar-refractivity contribution in [2.75, 3.05) is 0 Å². The number of rotatable bonds is 1. The highest BCUT2D eigenvalue weighted by Crippen LogP contribution is 2.27. The molecule has 0 bridgehead atoms. The van der Waals surface area contributed by atoms with Crippen LogP contribution >= 0.6 is 0 Å². The van der Waals surface area contributed by atoms with Crippen molar-refractivity contribution in [2.45, 2.75) is 46.0 Å². The summed E-state index contributed by atoms with van der Waals surface area (Å²) < 4.78 is 13.7. The van der Waals surface area contributed by atoms with Crippen LogP contribution < -0.4 is 0 Å². The van der Waals surface area contributed by atoms with Crippen LogP contribution in [-0.4, -0.2) is 0 Å². The molecule has 0 spiro atoms. The quantitative estimate of drug-likeness (QED) is 0.627. The van der Waals surface area contributed by atoms with Crippen molar-refractivity contribution in [1.29, 1.82) is 0 Å². The smallest absolute Gasteiger partial charge is 0.127 e. The Morgan fingerprint density at radius 2 is 1.71 bits per heavy atom. The first-order valence-electron chi connectivity index (χ1n) is 5.12. The van der Waals surface area contributed by atoms with Crippen LogP contribution in [0.3, 0.4) is 0 Å². The lowest BCUT2D eigenvalue weighted by atomic mass is 9.85. The number of hydrogen-bond donors (Lipinski definition) is 0. The Kier molecular flexibility index (Phi) is 2.98. The van der Waals surface area contributed by atoms with Gasteiger partial charge >= 0.3 is 0 Å². The SMILES string of the molecule is CC(C)c1ccc(C(C)(C)C)c(F)c1. The Bertz CT molecular complexity index is 318. The van der Waals surface area contributed by atoms with E-state index < -0.39 is 0 Å². The molecule has 0 amide bonds. The van der Waals surface area contributed by atoms with Crippen LogP contribution in [0.4, 0.5) is 4.39 Å². The topological polar surface area (TPSA) is 0 Å². The minimum absolute atomic E-state index is 0.0799. The summed E-state index contributed by atoms with van der Waals surface area (Å²) in [5.74, 6) is 0.308. The molecule has 0 aromatic heterocycles. The Morgan fingerprint density at radius 3 is 2.07 bits per heavy atom. The molecule has 0 saturated heterocycles. The van der Waals surface area contributed by atoms with Crippen LogP contribution in [-0.2, 0) is 5.41 Å². The molecule has 0 aliphatic heterocycles. The first-order chi connectivity index (χ1) is 6.32. The van der Waals surface area contributed by atoms with Gasteiger partial charge in [0.05, 0.1) is 0 Å². The molecular formula is C13H19F. The fourth-order valence-corrected chi connectivity index (χ4v) is 1.50. The van der Waals surface area contributed by atoms with Crippen molar-refractivity contribution in [3.8, 4) is 0 Å². The summed E-state index contributed by atoms with van der Waals surface area (Å²) in [4.78, 5) is 0. The minimum Gasteiger partial charge on any atom is -0.207 e. The van der Waals surface area contributed by atoms with E-state index in [0.717, 1.165) is 11.1 Å². The lowest BCUT2D eigenvalue weighted by Crippen LogP contribution is -2.13. The number of hydrogen-bond acceptors (Lipinski definition) is 0. The van der Waals surface area contributed by atoms with Gasteiger partial charge in [0.25, 0.3) is 0 Å². The predicted molar refractivity (Wildman–Crippen MR) is 59.2 cm³/mol. The average Bonchev–Trinajstić information content (AvgIpc) is 2.01. The van der Waals surface area contributed by atoms with E-state index in [0.29, 0.717) is 5.92 Å². The van der Waals surface area contributed by atoms with Gasteiger partial charge in [0.15, 0.2) is 0 Å². The Balaban J connectivity index is 3.15. The second-order valence-electron chi connectivity index (χ2n) is 5.14. The molecule has 0 atom stereocenters. The van der Waals surface area contributed by atoms with E-state index in [-0.39, 0.29) is 11.2 Å². The van der Waals surface area contributed by atoms with E-state index in [1.165, 1.54) is 0 Å². The van der Waals surface area contributed by atoms with E-state index in [2.05, 4.69) is 13.8 Å². The van der Waals surface area contributed by atoms with Gasteiger partial charge in [-0.25, -0.2) is 4.39 Å². The van der Waals surface area contributed by atoms with Crippen molar-refractivity contribution >= 4 is 0 Å². The van der Waals surface area contributed by atoms with E-state index in [1.807, 2.05) is 32.9 Å².